The van der Waals surface area contributed by atoms with Gasteiger partial charge in [-0.05, 0) is 50.6 Å². The topological polar surface area (TPSA) is 134 Å². The van der Waals surface area contributed by atoms with Crippen LogP contribution in [0.15, 0.2) is 77.9 Å². The number of nitriles is 1. The van der Waals surface area contributed by atoms with Crippen molar-refractivity contribution in [2.24, 2.45) is 0 Å². The average Bonchev–Trinajstić information content (AvgIpc) is 2.92. The van der Waals surface area contributed by atoms with Gasteiger partial charge in [-0.15, -0.1) is 0 Å². The van der Waals surface area contributed by atoms with Gasteiger partial charge in [0.15, 0.2) is 11.6 Å². The molecule has 198 valence electrons. The Bertz CT molecular complexity index is 1570. The van der Waals surface area contributed by atoms with Crippen molar-refractivity contribution in [1.82, 2.24) is 24.6 Å². The lowest BCUT2D eigenvalue weighted by Crippen LogP contribution is -2.46. The van der Waals surface area contributed by atoms with Crippen LogP contribution in [0.2, 0.25) is 0 Å². The zero-order valence-corrected chi connectivity index (χ0v) is 21.9. The number of hydrogen-bond donors (Lipinski definition) is 1. The lowest BCUT2D eigenvalue weighted by molar-refractivity contribution is 0.0891. The number of hydrogen-bond acceptors (Lipinski definition) is 7. The van der Waals surface area contributed by atoms with E-state index < -0.39 is 11.6 Å². The summed E-state index contributed by atoms with van der Waals surface area (Å²) < 4.78 is 7.03. The van der Waals surface area contributed by atoms with Crippen molar-refractivity contribution < 1.29 is 14.6 Å². The van der Waals surface area contributed by atoms with Gasteiger partial charge in [-0.1, -0.05) is 30.3 Å². The van der Waals surface area contributed by atoms with Gasteiger partial charge in [-0.2, -0.15) is 10.4 Å². The van der Waals surface area contributed by atoms with Crippen molar-refractivity contribution in [3.8, 4) is 34.5 Å². The second-order valence-corrected chi connectivity index (χ2v) is 9.80. The van der Waals surface area contributed by atoms with E-state index in [0.717, 1.165) is 16.7 Å². The second kappa shape index (κ2) is 11.6. The molecule has 0 unspecified atom stereocenters. The van der Waals surface area contributed by atoms with Crippen LogP contribution in [0.1, 0.15) is 31.9 Å². The molecule has 0 saturated carbocycles. The highest BCUT2D eigenvalue weighted by molar-refractivity contribution is 5.66. The van der Waals surface area contributed by atoms with Crippen LogP contribution in [-0.4, -0.2) is 54.5 Å². The third-order valence-electron chi connectivity index (χ3n) is 5.92. The first-order valence-electron chi connectivity index (χ1n) is 12.3. The Balaban J connectivity index is 1.46. The highest BCUT2D eigenvalue weighted by Crippen LogP contribution is 2.20. The average molecular weight is 525 g/mol. The van der Waals surface area contributed by atoms with Crippen LogP contribution in [-0.2, 0) is 6.54 Å². The van der Waals surface area contributed by atoms with Gasteiger partial charge in [0.1, 0.15) is 6.61 Å². The molecule has 0 fully saturated rings. The third kappa shape index (κ3) is 6.84. The fourth-order valence-electron chi connectivity index (χ4n) is 3.96. The summed E-state index contributed by atoms with van der Waals surface area (Å²) in [6, 6.07) is 19.8. The van der Waals surface area contributed by atoms with Gasteiger partial charge in [0, 0.05) is 22.7 Å². The van der Waals surface area contributed by atoms with E-state index in [0.29, 0.717) is 22.8 Å². The Morgan fingerprint density at radius 2 is 1.77 bits per heavy atom. The molecule has 0 spiro atoms. The monoisotopic (exact) mass is 524 g/mol. The molecule has 10 heteroatoms. The van der Waals surface area contributed by atoms with E-state index in [-0.39, 0.29) is 25.3 Å². The molecule has 0 bridgehead atoms. The smallest absolute Gasteiger partial charge is 0.407 e. The number of carbonyl (C=O) groups is 1. The maximum Gasteiger partial charge on any atom is 0.407 e. The summed E-state index contributed by atoms with van der Waals surface area (Å²) in [4.78, 5) is 34.1. The summed E-state index contributed by atoms with van der Waals surface area (Å²) in [6.07, 6.45) is 2.08. The Morgan fingerprint density at radius 1 is 1.05 bits per heavy atom. The van der Waals surface area contributed by atoms with Crippen molar-refractivity contribution in [1.29, 1.82) is 5.26 Å². The highest BCUT2D eigenvalue weighted by Gasteiger charge is 2.25. The van der Waals surface area contributed by atoms with Crippen LogP contribution < -0.4 is 10.3 Å². The van der Waals surface area contributed by atoms with E-state index in [4.69, 9.17) is 4.74 Å². The van der Waals surface area contributed by atoms with Gasteiger partial charge in [0.25, 0.3) is 5.56 Å². The summed E-state index contributed by atoms with van der Waals surface area (Å²) in [5.74, 6) is 0.913. The van der Waals surface area contributed by atoms with E-state index in [2.05, 4.69) is 21.1 Å². The molecule has 2 aromatic heterocycles. The molecule has 0 atom stereocenters. The van der Waals surface area contributed by atoms with Crippen LogP contribution >= 0.6 is 0 Å². The molecule has 2 heterocycles. The quantitative estimate of drug-likeness (QED) is 0.357. The molecule has 4 aromatic rings. The zero-order valence-electron chi connectivity index (χ0n) is 21.9. The van der Waals surface area contributed by atoms with E-state index in [1.807, 2.05) is 51.1 Å². The van der Waals surface area contributed by atoms with E-state index in [1.54, 1.807) is 36.7 Å². The van der Waals surface area contributed by atoms with Crippen LogP contribution in [0, 0.1) is 11.3 Å². The first kappa shape index (κ1) is 27.0. The van der Waals surface area contributed by atoms with Crippen molar-refractivity contribution in [3.05, 3.63) is 94.5 Å². The van der Waals surface area contributed by atoms with Gasteiger partial charge in [-0.25, -0.2) is 19.4 Å². The highest BCUT2D eigenvalue weighted by atomic mass is 16.5. The maximum atomic E-state index is 12.5. The second-order valence-electron chi connectivity index (χ2n) is 9.80. The molecule has 1 amide bonds. The minimum Gasteiger partial charge on any atom is -0.488 e. The van der Waals surface area contributed by atoms with Crippen molar-refractivity contribution >= 4 is 6.09 Å². The first-order valence-corrected chi connectivity index (χ1v) is 12.3. The van der Waals surface area contributed by atoms with E-state index in [9.17, 15) is 20.0 Å². The lowest BCUT2D eigenvalue weighted by Gasteiger charge is -2.32. The van der Waals surface area contributed by atoms with Crippen LogP contribution in [0.4, 0.5) is 4.79 Å². The lowest BCUT2D eigenvalue weighted by atomic mass is 10.1. The van der Waals surface area contributed by atoms with Gasteiger partial charge in [-0.3, -0.25) is 4.79 Å². The van der Waals surface area contributed by atoms with Gasteiger partial charge in [0.2, 0.25) is 0 Å². The number of amides is 1. The van der Waals surface area contributed by atoms with Crippen LogP contribution in [0.3, 0.4) is 0 Å². The maximum absolute atomic E-state index is 12.5. The molecule has 2 aromatic carbocycles. The molecule has 1 N–H and O–H groups in total. The van der Waals surface area contributed by atoms with E-state index >= 15 is 0 Å². The number of rotatable bonds is 8. The minimum atomic E-state index is -1.00. The largest absolute Gasteiger partial charge is 0.488 e. The molecule has 0 saturated heterocycles. The molecule has 0 aliphatic heterocycles. The Morgan fingerprint density at radius 3 is 2.46 bits per heavy atom. The molecular weight excluding hydrogens is 496 g/mol. The third-order valence-corrected chi connectivity index (χ3v) is 5.92. The summed E-state index contributed by atoms with van der Waals surface area (Å²) in [7, 11) is 0. The zero-order chi connectivity index (χ0) is 28.0. The number of nitrogens with zero attached hydrogens (tertiary/aromatic N) is 6. The summed E-state index contributed by atoms with van der Waals surface area (Å²) in [6.45, 7) is 6.10. The van der Waals surface area contributed by atoms with Crippen molar-refractivity contribution in [3.63, 3.8) is 0 Å². The minimum absolute atomic E-state index is 0.170. The molecule has 0 aliphatic rings. The van der Waals surface area contributed by atoms with Gasteiger partial charge < -0.3 is 14.7 Å². The molecule has 4 rings (SSSR count). The predicted octanol–water partition coefficient (Wildman–Crippen LogP) is 4.44. The summed E-state index contributed by atoms with van der Waals surface area (Å²) >= 11 is 0. The fraction of sp³-hybridized carbons (Fsp3) is 0.241. The molecular formula is C29H28N6O4. The molecule has 10 nitrogen and oxygen atoms in total. The Kier molecular flexibility index (Phi) is 8.01. The van der Waals surface area contributed by atoms with Gasteiger partial charge >= 0.3 is 6.09 Å². The number of carboxylic acid groups (broad SMARTS) is 1. The number of aromatic nitrogens is 4. The molecule has 0 radical (unpaired) electrons. The fourth-order valence-corrected chi connectivity index (χ4v) is 3.96. The van der Waals surface area contributed by atoms with Crippen molar-refractivity contribution in [2.45, 2.75) is 32.9 Å². The molecule has 39 heavy (non-hydrogen) atoms. The van der Waals surface area contributed by atoms with Crippen LogP contribution in [0.25, 0.3) is 22.6 Å². The standard InChI is InChI=1S/C29H28N6O4/c1-29(2,3)34(28(37)38)12-13-39-24-17-31-27(32-18-24)23-9-5-7-21(15-23)19-35-26(36)11-10-25(33-35)22-8-4-6-20(14-22)16-30/h4-11,14-15,17-18H,12-13,19H2,1-3H3,(H,37,38). The number of benzene rings is 2. The summed E-state index contributed by atoms with van der Waals surface area (Å²) in [5.41, 5.74) is 2.68. The van der Waals surface area contributed by atoms with E-state index in [1.165, 1.54) is 15.6 Å². The molecule has 0 aliphatic carbocycles. The Labute approximate surface area is 225 Å². The summed E-state index contributed by atoms with van der Waals surface area (Å²) in [5, 5.41) is 23.1. The van der Waals surface area contributed by atoms with Crippen molar-refractivity contribution in [2.75, 3.05) is 13.2 Å². The number of ether oxygens (including phenoxy) is 1. The Hall–Kier alpha value is -5.04. The first-order chi connectivity index (χ1) is 18.6. The van der Waals surface area contributed by atoms with Gasteiger partial charge in [0.05, 0.1) is 42.8 Å². The normalized spacial score (nSPS) is 11.0. The predicted molar refractivity (Wildman–Crippen MR) is 145 cm³/mol. The van der Waals surface area contributed by atoms with Crippen LogP contribution in [0.5, 0.6) is 5.75 Å². The SMILES string of the molecule is CC(C)(C)N(CCOc1cnc(-c2cccc(Cn3nc(-c4cccc(C#N)c4)ccc3=O)c2)nc1)C(=O)O.